The maximum Gasteiger partial charge on any atom is 0.110 e. The van der Waals surface area contributed by atoms with Gasteiger partial charge in [-0.1, -0.05) is 127 Å². The van der Waals surface area contributed by atoms with Crippen molar-refractivity contribution in [2.75, 3.05) is 0 Å². The van der Waals surface area contributed by atoms with E-state index in [9.17, 15) is 0 Å². The molecule has 4 heterocycles. The summed E-state index contributed by atoms with van der Waals surface area (Å²) in [7, 11) is 0. The number of benzene rings is 7. The van der Waals surface area contributed by atoms with Gasteiger partial charge < -0.3 is 9.88 Å². The highest BCUT2D eigenvalue weighted by atomic mass is 32.1. The van der Waals surface area contributed by atoms with Gasteiger partial charge in [0, 0.05) is 42.7 Å². The molecule has 0 spiro atoms. The van der Waals surface area contributed by atoms with E-state index in [2.05, 4.69) is 190 Å². The summed E-state index contributed by atoms with van der Waals surface area (Å²) in [5.41, 5.74) is 8.46. The van der Waals surface area contributed by atoms with Gasteiger partial charge in [-0.15, -0.1) is 11.3 Å². The molecule has 10 aromatic rings. The molecule has 0 fully saturated rings. The maximum absolute atomic E-state index is 3.92. The van der Waals surface area contributed by atoms with E-state index in [4.69, 9.17) is 0 Å². The number of fused-ring (bicyclic) bond motifs is 10. The lowest BCUT2D eigenvalue weighted by molar-refractivity contribution is 0.435. The Bertz CT molecular complexity index is 2970. The minimum atomic E-state index is -0.0717. The lowest BCUT2D eigenvalue weighted by Crippen LogP contribution is -2.40. The van der Waals surface area contributed by atoms with Crippen molar-refractivity contribution in [2.45, 2.75) is 12.2 Å². The molecule has 0 aliphatic carbocycles. The molecule has 1 aliphatic rings. The summed E-state index contributed by atoms with van der Waals surface area (Å²) in [6, 6.07) is 59.5. The van der Waals surface area contributed by atoms with Crippen molar-refractivity contribution in [3.8, 4) is 5.69 Å². The predicted octanol–water partition coefficient (Wildman–Crippen LogP) is 11.7. The molecule has 4 nitrogen and oxygen atoms in total. The van der Waals surface area contributed by atoms with Crippen LogP contribution in [0.25, 0.3) is 75.3 Å². The van der Waals surface area contributed by atoms with Gasteiger partial charge in [-0.2, -0.15) is 0 Å². The Hall–Kier alpha value is -6.14. The first-order chi connectivity index (χ1) is 25.3. The number of para-hydroxylation sites is 2. The second-order valence-corrected chi connectivity index (χ2v) is 14.5. The standard InChI is InChI=1S/C46H32N4S/c1-4-14-29(15-5-1)38-28-43(48-46(47-38)30-16-6-2-7-17-30)50-39-22-12-10-20-32(39)36-26-40-37(27-41(36)50)34-24-25-35-33-21-11-13-23-42(33)51-45(35)44(34)49(40)31-18-8-3-9-19-31/h1-28,38,46-48H. The Morgan fingerprint density at radius 1 is 0.471 bits per heavy atom. The van der Waals surface area contributed by atoms with Gasteiger partial charge in [0.1, 0.15) is 12.0 Å². The van der Waals surface area contributed by atoms with Crippen LogP contribution in [0.4, 0.5) is 0 Å². The van der Waals surface area contributed by atoms with Crippen molar-refractivity contribution in [3.63, 3.8) is 0 Å². The first kappa shape index (κ1) is 28.7. The fourth-order valence-electron chi connectivity index (χ4n) is 8.28. The van der Waals surface area contributed by atoms with Crippen LogP contribution in [0, 0.1) is 0 Å². The summed E-state index contributed by atoms with van der Waals surface area (Å²) in [4.78, 5) is 0. The minimum absolute atomic E-state index is 0.0221. The van der Waals surface area contributed by atoms with E-state index in [0.29, 0.717) is 0 Å². The zero-order valence-electron chi connectivity index (χ0n) is 27.6. The molecule has 11 rings (SSSR count). The number of thiophene rings is 1. The third-order valence-corrected chi connectivity index (χ3v) is 11.8. The summed E-state index contributed by atoms with van der Waals surface area (Å²) >= 11 is 1.89. The molecular weight excluding hydrogens is 641 g/mol. The molecule has 2 atom stereocenters. The van der Waals surface area contributed by atoms with Gasteiger partial charge in [0.25, 0.3) is 0 Å². The molecule has 51 heavy (non-hydrogen) atoms. The third-order valence-electron chi connectivity index (χ3n) is 10.6. The van der Waals surface area contributed by atoms with E-state index in [0.717, 1.165) is 5.82 Å². The van der Waals surface area contributed by atoms with E-state index < -0.39 is 0 Å². The smallest absolute Gasteiger partial charge is 0.110 e. The number of rotatable bonds is 4. The molecule has 5 heteroatoms. The fraction of sp³-hybridized carbons (Fsp3) is 0.0435. The lowest BCUT2D eigenvalue weighted by Gasteiger charge is -2.33. The van der Waals surface area contributed by atoms with Crippen molar-refractivity contribution >= 4 is 80.9 Å². The van der Waals surface area contributed by atoms with Crippen LogP contribution in [-0.2, 0) is 0 Å². The van der Waals surface area contributed by atoms with Gasteiger partial charge >= 0.3 is 0 Å². The van der Waals surface area contributed by atoms with Crippen molar-refractivity contribution in [1.82, 2.24) is 19.8 Å². The third kappa shape index (κ3) is 4.35. The summed E-state index contributed by atoms with van der Waals surface area (Å²) in [5.74, 6) is 1.07. The SMILES string of the molecule is C1=C(n2c3ccccc3c3cc4c(cc32)c2ccc3c5ccccc5sc3c2n4-c2ccccc2)NC(c2ccccc2)NC1c1ccccc1. The Morgan fingerprint density at radius 3 is 1.86 bits per heavy atom. The van der Waals surface area contributed by atoms with Crippen molar-refractivity contribution in [1.29, 1.82) is 0 Å². The molecule has 0 saturated heterocycles. The Balaban J connectivity index is 1.23. The molecule has 242 valence electrons. The Labute approximate surface area is 298 Å². The molecule has 3 aromatic heterocycles. The molecule has 1 aliphatic heterocycles. The first-order valence-electron chi connectivity index (χ1n) is 17.5. The van der Waals surface area contributed by atoms with Crippen LogP contribution in [0.5, 0.6) is 0 Å². The molecule has 0 amide bonds. The molecule has 7 aromatic carbocycles. The Kier molecular flexibility index (Phi) is 6.29. The van der Waals surface area contributed by atoms with E-state index in [1.807, 2.05) is 11.3 Å². The van der Waals surface area contributed by atoms with Crippen molar-refractivity contribution in [3.05, 3.63) is 181 Å². The van der Waals surface area contributed by atoms with Crippen molar-refractivity contribution < 1.29 is 0 Å². The zero-order valence-corrected chi connectivity index (χ0v) is 28.4. The number of nitrogens with one attached hydrogen (secondary N) is 2. The van der Waals surface area contributed by atoms with Gasteiger partial charge in [0.2, 0.25) is 0 Å². The second kappa shape index (κ2) is 11.2. The van der Waals surface area contributed by atoms with E-state index >= 15 is 0 Å². The van der Waals surface area contributed by atoms with Crippen LogP contribution in [0.1, 0.15) is 23.3 Å². The largest absolute Gasteiger partial charge is 0.352 e. The van der Waals surface area contributed by atoms with Crippen LogP contribution in [0.2, 0.25) is 0 Å². The van der Waals surface area contributed by atoms with Crippen LogP contribution in [0.15, 0.2) is 170 Å². The predicted molar refractivity (Wildman–Crippen MR) is 216 cm³/mol. The molecular formula is C46H32N4S. The highest BCUT2D eigenvalue weighted by molar-refractivity contribution is 7.26. The van der Waals surface area contributed by atoms with Gasteiger partial charge in [-0.3, -0.25) is 9.88 Å². The van der Waals surface area contributed by atoms with Crippen LogP contribution < -0.4 is 10.6 Å². The quantitative estimate of drug-likeness (QED) is 0.195. The minimum Gasteiger partial charge on any atom is -0.352 e. The number of hydrogen-bond acceptors (Lipinski definition) is 3. The zero-order chi connectivity index (χ0) is 33.5. The average molecular weight is 673 g/mol. The van der Waals surface area contributed by atoms with Gasteiger partial charge in [-0.05, 0) is 53.6 Å². The summed E-state index contributed by atoms with van der Waals surface area (Å²) in [5, 5.41) is 15.4. The summed E-state index contributed by atoms with van der Waals surface area (Å²) in [6.45, 7) is 0. The normalized spacial score (nSPS) is 16.4. The second-order valence-electron chi connectivity index (χ2n) is 13.4. The molecule has 2 unspecified atom stereocenters. The van der Waals surface area contributed by atoms with Gasteiger partial charge in [0.05, 0.1) is 32.8 Å². The van der Waals surface area contributed by atoms with E-state index in [1.54, 1.807) is 0 Å². The monoisotopic (exact) mass is 672 g/mol. The van der Waals surface area contributed by atoms with E-state index in [1.165, 1.54) is 80.6 Å². The number of hydrogen-bond donors (Lipinski definition) is 2. The molecule has 0 radical (unpaired) electrons. The number of aromatic nitrogens is 2. The summed E-state index contributed by atoms with van der Waals surface area (Å²) < 4.78 is 7.58. The van der Waals surface area contributed by atoms with Crippen LogP contribution in [0.3, 0.4) is 0 Å². The molecule has 0 bridgehead atoms. The topological polar surface area (TPSA) is 33.9 Å². The highest BCUT2D eigenvalue weighted by Gasteiger charge is 2.27. The van der Waals surface area contributed by atoms with Gasteiger partial charge in [0.15, 0.2) is 0 Å². The molecule has 2 N–H and O–H groups in total. The Morgan fingerprint density at radius 2 is 1.08 bits per heavy atom. The average Bonchev–Trinajstić information content (AvgIpc) is 3.85. The number of nitrogens with zero attached hydrogens (tertiary/aromatic N) is 2. The molecule has 0 saturated carbocycles. The summed E-state index contributed by atoms with van der Waals surface area (Å²) in [6.07, 6.45) is 2.27. The highest BCUT2D eigenvalue weighted by Crippen LogP contribution is 2.45. The lowest BCUT2D eigenvalue weighted by atomic mass is 10.0. The first-order valence-corrected chi connectivity index (χ1v) is 18.3. The van der Waals surface area contributed by atoms with Crippen LogP contribution >= 0.6 is 11.3 Å². The fourth-order valence-corrected chi connectivity index (χ4v) is 9.52. The van der Waals surface area contributed by atoms with Gasteiger partial charge in [-0.25, -0.2) is 0 Å². The van der Waals surface area contributed by atoms with Crippen molar-refractivity contribution in [2.24, 2.45) is 0 Å². The van der Waals surface area contributed by atoms with E-state index in [-0.39, 0.29) is 12.2 Å². The van der Waals surface area contributed by atoms with Crippen LogP contribution in [-0.4, -0.2) is 9.13 Å². The maximum atomic E-state index is 3.92.